The molecule has 0 saturated carbocycles. The average Bonchev–Trinajstić information content (AvgIpc) is 2.62. The third kappa shape index (κ3) is 5.30. The fourth-order valence-electron chi connectivity index (χ4n) is 2.87. The number of carboxylic acid groups (broad SMARTS) is 1. The zero-order chi connectivity index (χ0) is 20.0. The Morgan fingerprint density at radius 3 is 2.41 bits per heavy atom. The minimum Gasteiger partial charge on any atom is -0.465 e. The summed E-state index contributed by atoms with van der Waals surface area (Å²) in [5.74, 6) is -0.330. The van der Waals surface area contributed by atoms with Crippen molar-refractivity contribution in [2.24, 2.45) is 0 Å². The molecule has 27 heavy (non-hydrogen) atoms. The smallest absolute Gasteiger partial charge is 0.409 e. The highest BCUT2D eigenvalue weighted by Crippen LogP contribution is 2.27. The van der Waals surface area contributed by atoms with Gasteiger partial charge in [-0.2, -0.15) is 0 Å². The quantitative estimate of drug-likeness (QED) is 0.344. The first kappa shape index (κ1) is 20.9. The molecule has 2 rings (SSSR count). The summed E-state index contributed by atoms with van der Waals surface area (Å²) in [5.41, 5.74) is 0.591. The zero-order valence-electron chi connectivity index (χ0n) is 14.8. The molecule has 10 nitrogen and oxygen atoms in total. The van der Waals surface area contributed by atoms with E-state index < -0.39 is 43.3 Å². The monoisotopic (exact) mass is 383 g/mol. The number of aliphatic hydroxyl groups is 3. The molecular weight excluding hydrogens is 358 g/mol. The molecule has 5 atom stereocenters. The maximum absolute atomic E-state index is 12.0. The van der Waals surface area contributed by atoms with E-state index in [0.717, 1.165) is 0 Å². The Balaban J connectivity index is 2.26. The van der Waals surface area contributed by atoms with Gasteiger partial charge in [0.15, 0.2) is 6.23 Å². The van der Waals surface area contributed by atoms with Gasteiger partial charge in [-0.05, 0) is 18.6 Å². The molecule has 7 N–H and O–H groups in total. The SMILES string of the molecule is CCCC(=O)N[C@H]1C(Nc2ccccc2NC(=O)O)O[C@H](CO)[C@@H](O)[C@@H]1O. The number of amides is 2. The maximum Gasteiger partial charge on any atom is 0.409 e. The van der Waals surface area contributed by atoms with Crippen LogP contribution in [0.3, 0.4) is 0 Å². The van der Waals surface area contributed by atoms with Crippen LogP contribution < -0.4 is 16.0 Å². The van der Waals surface area contributed by atoms with E-state index in [2.05, 4.69) is 16.0 Å². The van der Waals surface area contributed by atoms with Crippen LogP contribution in [0.1, 0.15) is 19.8 Å². The van der Waals surface area contributed by atoms with Crippen molar-refractivity contribution in [3.63, 3.8) is 0 Å². The summed E-state index contributed by atoms with van der Waals surface area (Å²) in [5, 5.41) is 46.6. The largest absolute Gasteiger partial charge is 0.465 e. The highest BCUT2D eigenvalue weighted by atomic mass is 16.5. The van der Waals surface area contributed by atoms with E-state index in [4.69, 9.17) is 9.84 Å². The Bertz CT molecular complexity index is 657. The molecular formula is C17H25N3O7. The molecule has 1 fully saturated rings. The molecule has 1 aromatic rings. The predicted molar refractivity (Wildman–Crippen MR) is 96.3 cm³/mol. The number of aliphatic hydroxyl groups excluding tert-OH is 3. The summed E-state index contributed by atoms with van der Waals surface area (Å²) >= 11 is 0. The Hall–Kier alpha value is -2.40. The third-order valence-electron chi connectivity index (χ3n) is 4.20. The van der Waals surface area contributed by atoms with Crippen molar-refractivity contribution in [1.82, 2.24) is 5.32 Å². The number of nitrogens with one attached hydrogen (secondary N) is 3. The molecule has 0 bridgehead atoms. The van der Waals surface area contributed by atoms with Gasteiger partial charge in [0.2, 0.25) is 5.91 Å². The van der Waals surface area contributed by atoms with E-state index in [1.165, 1.54) is 6.07 Å². The lowest BCUT2D eigenvalue weighted by Gasteiger charge is -2.43. The highest BCUT2D eigenvalue weighted by molar-refractivity contribution is 5.88. The van der Waals surface area contributed by atoms with Gasteiger partial charge < -0.3 is 35.8 Å². The summed E-state index contributed by atoms with van der Waals surface area (Å²) < 4.78 is 5.61. The highest BCUT2D eigenvalue weighted by Gasteiger charge is 2.45. The molecule has 0 spiro atoms. The number of carbonyl (C=O) groups excluding carboxylic acids is 1. The van der Waals surface area contributed by atoms with Crippen molar-refractivity contribution in [2.45, 2.75) is 50.3 Å². The number of rotatable bonds is 7. The van der Waals surface area contributed by atoms with Crippen LogP contribution in [0.2, 0.25) is 0 Å². The van der Waals surface area contributed by atoms with Gasteiger partial charge in [0.1, 0.15) is 24.4 Å². The Labute approximate surface area is 156 Å². The fourth-order valence-corrected chi connectivity index (χ4v) is 2.87. The van der Waals surface area contributed by atoms with Crippen molar-refractivity contribution < 1.29 is 34.8 Å². The Morgan fingerprint density at radius 1 is 1.15 bits per heavy atom. The Morgan fingerprint density at radius 2 is 1.81 bits per heavy atom. The Kier molecular flexibility index (Phi) is 7.36. The topological polar surface area (TPSA) is 160 Å². The molecule has 1 saturated heterocycles. The molecule has 1 aliphatic heterocycles. The number of anilines is 2. The third-order valence-corrected chi connectivity index (χ3v) is 4.20. The molecule has 0 aromatic heterocycles. The summed E-state index contributed by atoms with van der Waals surface area (Å²) in [6, 6.07) is 5.40. The lowest BCUT2D eigenvalue weighted by Crippen LogP contribution is -2.66. The predicted octanol–water partition coefficient (Wildman–Crippen LogP) is -0.0877. The number of para-hydroxylation sites is 2. The number of hydrogen-bond acceptors (Lipinski definition) is 7. The minimum atomic E-state index is -1.40. The van der Waals surface area contributed by atoms with Gasteiger partial charge in [0.05, 0.1) is 18.0 Å². The number of hydrogen-bond donors (Lipinski definition) is 7. The van der Waals surface area contributed by atoms with Crippen LogP contribution in [0, 0.1) is 0 Å². The number of ether oxygens (including phenoxy) is 1. The van der Waals surface area contributed by atoms with E-state index >= 15 is 0 Å². The van der Waals surface area contributed by atoms with Gasteiger partial charge in [0.25, 0.3) is 0 Å². The van der Waals surface area contributed by atoms with Crippen molar-refractivity contribution in [3.05, 3.63) is 24.3 Å². The van der Waals surface area contributed by atoms with Gasteiger partial charge in [-0.3, -0.25) is 10.1 Å². The second-order valence-corrected chi connectivity index (χ2v) is 6.22. The second kappa shape index (κ2) is 9.51. The van der Waals surface area contributed by atoms with Gasteiger partial charge in [-0.15, -0.1) is 0 Å². The lowest BCUT2D eigenvalue weighted by molar-refractivity contribution is -0.188. The average molecular weight is 383 g/mol. The fraction of sp³-hybridized carbons (Fsp3) is 0.529. The number of carbonyl (C=O) groups is 2. The van der Waals surface area contributed by atoms with Crippen LogP contribution >= 0.6 is 0 Å². The van der Waals surface area contributed by atoms with Crippen LogP contribution in [-0.2, 0) is 9.53 Å². The van der Waals surface area contributed by atoms with Crippen LogP contribution in [0.15, 0.2) is 24.3 Å². The number of benzene rings is 1. The first-order valence-electron chi connectivity index (χ1n) is 8.64. The van der Waals surface area contributed by atoms with E-state index in [9.17, 15) is 24.9 Å². The summed E-state index contributed by atoms with van der Waals surface area (Å²) in [6.07, 6.45) is -5.31. The minimum absolute atomic E-state index is 0.229. The lowest BCUT2D eigenvalue weighted by atomic mass is 9.95. The molecule has 1 aliphatic rings. The standard InChI is InChI=1S/C17H25N3O7/c1-2-5-12(22)20-13-15(24)14(23)11(8-21)27-16(13)18-9-6-3-4-7-10(9)19-17(25)26/h3-4,6-7,11,13-16,18-19,21,23-24H,2,5,8H2,1H3,(H,20,22)(H,25,26)/t11-,13-,14-,15-,16?/m1/s1. The molecule has 0 radical (unpaired) electrons. The van der Waals surface area contributed by atoms with Gasteiger partial charge in [0, 0.05) is 6.42 Å². The van der Waals surface area contributed by atoms with E-state index in [0.29, 0.717) is 12.1 Å². The molecule has 2 amide bonds. The van der Waals surface area contributed by atoms with Gasteiger partial charge >= 0.3 is 6.09 Å². The van der Waals surface area contributed by atoms with Crippen LogP contribution in [0.25, 0.3) is 0 Å². The van der Waals surface area contributed by atoms with Crippen LogP contribution in [0.5, 0.6) is 0 Å². The molecule has 1 aromatic carbocycles. The summed E-state index contributed by atoms with van der Waals surface area (Å²) in [7, 11) is 0. The molecule has 150 valence electrons. The summed E-state index contributed by atoms with van der Waals surface area (Å²) in [6.45, 7) is 1.29. The molecule has 10 heteroatoms. The van der Waals surface area contributed by atoms with E-state index in [-0.39, 0.29) is 18.0 Å². The molecule has 0 aliphatic carbocycles. The van der Waals surface area contributed by atoms with E-state index in [1.807, 2.05) is 6.92 Å². The second-order valence-electron chi connectivity index (χ2n) is 6.22. The van der Waals surface area contributed by atoms with Crippen molar-refractivity contribution >= 4 is 23.4 Å². The van der Waals surface area contributed by atoms with Crippen molar-refractivity contribution in [2.75, 3.05) is 17.2 Å². The van der Waals surface area contributed by atoms with Gasteiger partial charge in [-0.1, -0.05) is 19.1 Å². The first-order valence-corrected chi connectivity index (χ1v) is 8.64. The van der Waals surface area contributed by atoms with Crippen LogP contribution in [-0.4, -0.2) is 69.6 Å². The maximum atomic E-state index is 12.0. The van der Waals surface area contributed by atoms with Gasteiger partial charge in [-0.25, -0.2) is 4.79 Å². The molecule has 1 unspecified atom stereocenters. The van der Waals surface area contributed by atoms with E-state index in [1.54, 1.807) is 18.2 Å². The first-order chi connectivity index (χ1) is 12.9. The van der Waals surface area contributed by atoms with Crippen molar-refractivity contribution in [1.29, 1.82) is 0 Å². The summed E-state index contributed by atoms with van der Waals surface area (Å²) in [4.78, 5) is 23.0. The normalized spacial score (nSPS) is 27.6. The molecule has 1 heterocycles. The van der Waals surface area contributed by atoms with Crippen LogP contribution in [0.4, 0.5) is 16.2 Å². The zero-order valence-corrected chi connectivity index (χ0v) is 14.8. The van der Waals surface area contributed by atoms with Crippen molar-refractivity contribution in [3.8, 4) is 0 Å².